The van der Waals surface area contributed by atoms with Crippen LogP contribution >= 0.6 is 0 Å². The zero-order valence-corrected chi connectivity index (χ0v) is 10.3. The summed E-state index contributed by atoms with van der Waals surface area (Å²) in [6.07, 6.45) is 5.55. The molecule has 0 spiro atoms. The van der Waals surface area contributed by atoms with E-state index in [1.54, 1.807) is 6.20 Å². The van der Waals surface area contributed by atoms with Gasteiger partial charge in [-0.2, -0.15) is 0 Å². The number of pyridine rings is 2. The number of H-pyrrole nitrogens is 2. The zero-order valence-electron chi connectivity index (χ0n) is 10.3. The first kappa shape index (κ1) is 10.3. The van der Waals surface area contributed by atoms with Gasteiger partial charge in [0.15, 0.2) is 5.65 Å². The summed E-state index contributed by atoms with van der Waals surface area (Å²) in [6, 6.07) is 6.10. The fourth-order valence-corrected chi connectivity index (χ4v) is 2.38. The molecule has 0 atom stereocenters. The van der Waals surface area contributed by atoms with Crippen LogP contribution in [0, 0.1) is 6.92 Å². The van der Waals surface area contributed by atoms with Crippen molar-refractivity contribution in [3.63, 3.8) is 0 Å². The minimum atomic E-state index is 0.751. The van der Waals surface area contributed by atoms with Gasteiger partial charge in [0.1, 0.15) is 11.5 Å². The molecule has 19 heavy (non-hydrogen) atoms. The molecule has 0 aliphatic rings. The Morgan fingerprint density at radius 2 is 2.11 bits per heavy atom. The van der Waals surface area contributed by atoms with Gasteiger partial charge < -0.3 is 9.97 Å². The van der Waals surface area contributed by atoms with Gasteiger partial charge in [0.25, 0.3) is 0 Å². The third-order valence-corrected chi connectivity index (χ3v) is 3.23. The first-order valence-corrected chi connectivity index (χ1v) is 6.06. The molecule has 0 aliphatic carbocycles. The third-order valence-electron chi connectivity index (χ3n) is 3.23. The number of nitrogens with zero attached hydrogens (tertiary/aromatic N) is 3. The Balaban J connectivity index is 2.00. The van der Waals surface area contributed by atoms with E-state index in [1.807, 2.05) is 31.5 Å². The molecule has 4 heterocycles. The van der Waals surface area contributed by atoms with E-state index in [4.69, 9.17) is 0 Å². The molecular weight excluding hydrogens is 238 g/mol. The fraction of sp³-hybridized carbons (Fsp3) is 0.0714. The minimum absolute atomic E-state index is 0.751. The molecule has 0 aliphatic heterocycles. The van der Waals surface area contributed by atoms with Crippen molar-refractivity contribution in [3.8, 4) is 11.1 Å². The van der Waals surface area contributed by atoms with Crippen molar-refractivity contribution in [3.05, 3.63) is 42.6 Å². The van der Waals surface area contributed by atoms with Crippen molar-refractivity contribution in [1.29, 1.82) is 0 Å². The normalized spacial score (nSPS) is 11.4. The summed E-state index contributed by atoms with van der Waals surface area (Å²) in [4.78, 5) is 19.3. The SMILES string of the molecule is Cc1nc2ncc(-c3ccnc4[nH]ccc34)cc2[nH]1. The molecule has 5 nitrogen and oxygen atoms in total. The van der Waals surface area contributed by atoms with E-state index >= 15 is 0 Å². The molecule has 0 amide bonds. The highest BCUT2D eigenvalue weighted by atomic mass is 15.0. The zero-order chi connectivity index (χ0) is 12.8. The number of fused-ring (bicyclic) bond motifs is 2. The largest absolute Gasteiger partial charge is 0.346 e. The molecule has 0 unspecified atom stereocenters. The number of nitrogens with one attached hydrogen (secondary N) is 2. The number of rotatable bonds is 1. The van der Waals surface area contributed by atoms with E-state index in [0.29, 0.717) is 0 Å². The number of aromatic nitrogens is 5. The monoisotopic (exact) mass is 249 g/mol. The molecule has 4 rings (SSSR count). The first-order chi connectivity index (χ1) is 9.31. The number of hydrogen-bond acceptors (Lipinski definition) is 3. The maximum atomic E-state index is 4.40. The number of imidazole rings is 1. The predicted molar refractivity (Wildman–Crippen MR) is 73.7 cm³/mol. The molecular formula is C14H11N5. The van der Waals surface area contributed by atoms with Gasteiger partial charge in [-0.05, 0) is 30.7 Å². The van der Waals surface area contributed by atoms with Crippen LogP contribution in [0.15, 0.2) is 36.8 Å². The van der Waals surface area contributed by atoms with Gasteiger partial charge in [0.2, 0.25) is 0 Å². The van der Waals surface area contributed by atoms with Crippen LogP contribution in [-0.2, 0) is 0 Å². The predicted octanol–water partition coefficient (Wildman–Crippen LogP) is 2.81. The summed E-state index contributed by atoms with van der Waals surface area (Å²) in [6.45, 7) is 1.93. The molecule has 0 fully saturated rings. The maximum absolute atomic E-state index is 4.40. The van der Waals surface area contributed by atoms with Crippen molar-refractivity contribution in [2.24, 2.45) is 0 Å². The van der Waals surface area contributed by atoms with Crippen LogP contribution in [0.4, 0.5) is 0 Å². The Hall–Kier alpha value is -2.69. The average molecular weight is 249 g/mol. The van der Waals surface area contributed by atoms with Crippen LogP contribution in [0.3, 0.4) is 0 Å². The second kappa shape index (κ2) is 3.65. The quantitative estimate of drug-likeness (QED) is 0.545. The summed E-state index contributed by atoms with van der Waals surface area (Å²) in [7, 11) is 0. The Kier molecular flexibility index (Phi) is 1.97. The standard InChI is InChI=1S/C14H11N5/c1-8-18-12-6-9(7-17-14(12)19-8)10-2-4-15-13-11(10)3-5-16-13/h2-7H,1H3,(H,15,16)(H,17,18,19). The average Bonchev–Trinajstić information content (AvgIpc) is 3.01. The lowest BCUT2D eigenvalue weighted by Crippen LogP contribution is -1.84. The van der Waals surface area contributed by atoms with Gasteiger partial charge in [0.05, 0.1) is 5.52 Å². The first-order valence-electron chi connectivity index (χ1n) is 6.06. The van der Waals surface area contributed by atoms with Gasteiger partial charge in [-0.15, -0.1) is 0 Å². The topological polar surface area (TPSA) is 70.2 Å². The van der Waals surface area contributed by atoms with Crippen LogP contribution in [0.1, 0.15) is 5.82 Å². The van der Waals surface area contributed by atoms with E-state index in [-0.39, 0.29) is 0 Å². The highest BCUT2D eigenvalue weighted by Crippen LogP contribution is 2.27. The summed E-state index contributed by atoms with van der Waals surface area (Å²) in [5, 5.41) is 1.10. The van der Waals surface area contributed by atoms with E-state index in [0.717, 1.165) is 39.1 Å². The highest BCUT2D eigenvalue weighted by molar-refractivity contribution is 5.94. The molecule has 5 heteroatoms. The van der Waals surface area contributed by atoms with Crippen LogP contribution in [0.5, 0.6) is 0 Å². The van der Waals surface area contributed by atoms with Crippen molar-refractivity contribution in [2.45, 2.75) is 6.92 Å². The van der Waals surface area contributed by atoms with Gasteiger partial charge in [-0.1, -0.05) is 0 Å². The van der Waals surface area contributed by atoms with E-state index < -0.39 is 0 Å². The van der Waals surface area contributed by atoms with Crippen molar-refractivity contribution < 1.29 is 0 Å². The Bertz CT molecular complexity index is 887. The second-order valence-electron chi connectivity index (χ2n) is 4.52. The van der Waals surface area contributed by atoms with Crippen molar-refractivity contribution in [1.82, 2.24) is 24.9 Å². The van der Waals surface area contributed by atoms with Crippen LogP contribution in [0.25, 0.3) is 33.3 Å². The number of hydrogen-bond donors (Lipinski definition) is 2. The lowest BCUT2D eigenvalue weighted by Gasteiger charge is -2.02. The number of aromatic amines is 2. The highest BCUT2D eigenvalue weighted by Gasteiger charge is 2.08. The summed E-state index contributed by atoms with van der Waals surface area (Å²) >= 11 is 0. The second-order valence-corrected chi connectivity index (χ2v) is 4.52. The molecule has 4 aromatic rings. The fourth-order valence-electron chi connectivity index (χ4n) is 2.38. The minimum Gasteiger partial charge on any atom is -0.346 e. The number of aryl methyl sites for hydroxylation is 1. The van der Waals surface area contributed by atoms with Gasteiger partial charge >= 0.3 is 0 Å². The lowest BCUT2D eigenvalue weighted by molar-refractivity contribution is 1.16. The Morgan fingerprint density at radius 1 is 1.16 bits per heavy atom. The summed E-state index contributed by atoms with van der Waals surface area (Å²) in [5.74, 6) is 0.876. The lowest BCUT2D eigenvalue weighted by atomic mass is 10.1. The molecule has 4 aromatic heterocycles. The van der Waals surface area contributed by atoms with Gasteiger partial charge in [-0.25, -0.2) is 15.0 Å². The van der Waals surface area contributed by atoms with E-state index in [9.17, 15) is 0 Å². The Labute approximate surface area is 108 Å². The van der Waals surface area contributed by atoms with E-state index in [1.165, 1.54) is 0 Å². The molecule has 92 valence electrons. The molecule has 0 radical (unpaired) electrons. The van der Waals surface area contributed by atoms with Crippen molar-refractivity contribution in [2.75, 3.05) is 0 Å². The Morgan fingerprint density at radius 3 is 3.05 bits per heavy atom. The van der Waals surface area contributed by atoms with Gasteiger partial charge in [0, 0.05) is 29.5 Å². The molecule has 0 bridgehead atoms. The molecule has 0 aromatic carbocycles. The molecule has 2 N–H and O–H groups in total. The third kappa shape index (κ3) is 1.52. The van der Waals surface area contributed by atoms with Crippen LogP contribution in [-0.4, -0.2) is 24.9 Å². The smallest absolute Gasteiger partial charge is 0.177 e. The van der Waals surface area contributed by atoms with Gasteiger partial charge in [-0.3, -0.25) is 0 Å². The maximum Gasteiger partial charge on any atom is 0.177 e. The summed E-state index contributed by atoms with van der Waals surface area (Å²) in [5.41, 5.74) is 4.77. The molecule has 0 saturated heterocycles. The van der Waals surface area contributed by atoms with Crippen LogP contribution in [0.2, 0.25) is 0 Å². The van der Waals surface area contributed by atoms with Crippen molar-refractivity contribution >= 4 is 22.2 Å². The summed E-state index contributed by atoms with van der Waals surface area (Å²) < 4.78 is 0. The van der Waals surface area contributed by atoms with Crippen LogP contribution < -0.4 is 0 Å². The molecule has 0 saturated carbocycles. The van der Waals surface area contributed by atoms with E-state index in [2.05, 4.69) is 31.0 Å².